The molecule has 2 fully saturated rings. The summed E-state index contributed by atoms with van der Waals surface area (Å²) in [4.78, 5) is 32.7. The van der Waals surface area contributed by atoms with E-state index in [4.69, 9.17) is 14.3 Å². The Hall–Kier alpha value is -2.61. The number of nitrogens with one attached hydrogen (secondary N) is 1. The van der Waals surface area contributed by atoms with Gasteiger partial charge in [-0.25, -0.2) is 4.79 Å². The van der Waals surface area contributed by atoms with Gasteiger partial charge in [0, 0.05) is 32.4 Å². The van der Waals surface area contributed by atoms with E-state index in [0.717, 1.165) is 24.8 Å². The molecule has 0 unspecified atom stereocenters. The van der Waals surface area contributed by atoms with Gasteiger partial charge in [-0.3, -0.25) is 4.79 Å². The van der Waals surface area contributed by atoms with E-state index in [0.29, 0.717) is 44.7 Å². The van der Waals surface area contributed by atoms with E-state index >= 15 is 0 Å². The molecule has 180 valence electrons. The van der Waals surface area contributed by atoms with Crippen LogP contribution in [0.5, 0.6) is 0 Å². The van der Waals surface area contributed by atoms with Crippen molar-refractivity contribution < 1.29 is 23.9 Å². The second-order valence-electron chi connectivity index (χ2n) is 10.3. The number of oxime groups is 1. The zero-order valence-electron chi connectivity index (χ0n) is 19.8. The van der Waals surface area contributed by atoms with Crippen LogP contribution in [-0.4, -0.2) is 59.0 Å². The number of rotatable bonds is 5. The van der Waals surface area contributed by atoms with Gasteiger partial charge >= 0.3 is 6.09 Å². The largest absolute Gasteiger partial charge is 0.444 e. The summed E-state index contributed by atoms with van der Waals surface area (Å²) in [5.41, 5.74) is 0.523. The van der Waals surface area contributed by atoms with Crippen molar-refractivity contribution in [1.29, 1.82) is 0 Å². The highest BCUT2D eigenvalue weighted by atomic mass is 16.7. The van der Waals surface area contributed by atoms with Gasteiger partial charge < -0.3 is 24.5 Å². The van der Waals surface area contributed by atoms with Crippen LogP contribution in [0.3, 0.4) is 0 Å². The molecule has 1 aromatic rings. The average Bonchev–Trinajstić information content (AvgIpc) is 3.39. The highest BCUT2D eigenvalue weighted by molar-refractivity contribution is 6.39. The maximum absolute atomic E-state index is 12.9. The van der Waals surface area contributed by atoms with Crippen LogP contribution < -0.4 is 5.32 Å². The van der Waals surface area contributed by atoms with Gasteiger partial charge in [-0.05, 0) is 45.6 Å². The number of hydrogen-bond donors (Lipinski definition) is 1. The van der Waals surface area contributed by atoms with Crippen molar-refractivity contribution >= 4 is 17.7 Å². The van der Waals surface area contributed by atoms with Gasteiger partial charge in [0.2, 0.25) is 0 Å². The molecule has 0 bridgehead atoms. The Morgan fingerprint density at radius 2 is 1.91 bits per heavy atom. The fraction of sp³-hybridized carbons (Fsp3) is 0.640. The van der Waals surface area contributed by atoms with E-state index in [-0.39, 0.29) is 24.1 Å². The van der Waals surface area contributed by atoms with E-state index in [1.54, 1.807) is 4.90 Å². The van der Waals surface area contributed by atoms with Crippen LogP contribution in [0, 0.1) is 0 Å². The zero-order chi connectivity index (χ0) is 23.5. The summed E-state index contributed by atoms with van der Waals surface area (Å²) in [6.45, 7) is 7.16. The minimum atomic E-state index is -0.520. The first kappa shape index (κ1) is 23.5. The molecule has 1 spiro atoms. The van der Waals surface area contributed by atoms with Crippen LogP contribution in [0.1, 0.15) is 64.9 Å². The standard InChI is InChI=1S/C25H35N3O5/c1-24(2,3)32-23(30)28-14-12-25(13-15-28)16-20(27-33-25)22(29)26-19-10-7-11-21(19)31-17-18-8-5-4-6-9-18/h4-6,8-9,19,21H,7,10-17H2,1-3H3,(H,26,29)/t19-,21-/m1/s1. The maximum atomic E-state index is 12.9. The Morgan fingerprint density at radius 1 is 1.18 bits per heavy atom. The first-order chi connectivity index (χ1) is 15.7. The van der Waals surface area contributed by atoms with Crippen LogP contribution in [-0.2, 0) is 25.7 Å². The van der Waals surface area contributed by atoms with Crippen molar-refractivity contribution in [3.05, 3.63) is 35.9 Å². The first-order valence-corrected chi connectivity index (χ1v) is 11.9. The smallest absolute Gasteiger partial charge is 0.410 e. The number of piperidine rings is 1. The van der Waals surface area contributed by atoms with E-state index in [1.165, 1.54) is 0 Å². The van der Waals surface area contributed by atoms with Gasteiger partial charge in [0.1, 0.15) is 16.9 Å². The molecule has 2 amide bonds. The second-order valence-corrected chi connectivity index (χ2v) is 10.3. The second kappa shape index (κ2) is 9.71. The van der Waals surface area contributed by atoms with Crippen LogP contribution >= 0.6 is 0 Å². The number of nitrogens with zero attached hydrogens (tertiary/aromatic N) is 2. The van der Waals surface area contributed by atoms with E-state index < -0.39 is 11.2 Å². The quantitative estimate of drug-likeness (QED) is 0.727. The molecular formula is C25H35N3O5. The summed E-state index contributed by atoms with van der Waals surface area (Å²) in [5, 5.41) is 7.25. The Kier molecular flexibility index (Phi) is 6.93. The van der Waals surface area contributed by atoms with Gasteiger partial charge in [0.05, 0.1) is 18.8 Å². The van der Waals surface area contributed by atoms with Crippen LogP contribution in [0.2, 0.25) is 0 Å². The van der Waals surface area contributed by atoms with Crippen molar-refractivity contribution in [3.8, 4) is 0 Å². The normalized spacial score (nSPS) is 24.3. The van der Waals surface area contributed by atoms with Gasteiger partial charge in [-0.1, -0.05) is 35.5 Å². The third-order valence-corrected chi connectivity index (χ3v) is 6.50. The lowest BCUT2D eigenvalue weighted by Gasteiger charge is -2.37. The third kappa shape index (κ3) is 6.05. The molecule has 33 heavy (non-hydrogen) atoms. The molecule has 4 rings (SSSR count). The molecule has 2 atom stereocenters. The number of ether oxygens (including phenoxy) is 2. The molecule has 8 nitrogen and oxygen atoms in total. The van der Waals surface area contributed by atoms with Crippen molar-refractivity contribution in [1.82, 2.24) is 10.2 Å². The van der Waals surface area contributed by atoms with E-state index in [9.17, 15) is 9.59 Å². The maximum Gasteiger partial charge on any atom is 0.410 e. The lowest BCUT2D eigenvalue weighted by Crippen LogP contribution is -2.49. The predicted molar refractivity (Wildman–Crippen MR) is 124 cm³/mol. The highest BCUT2D eigenvalue weighted by Gasteiger charge is 2.45. The number of carbonyl (C=O) groups is 2. The summed E-state index contributed by atoms with van der Waals surface area (Å²) in [7, 11) is 0. The predicted octanol–water partition coefficient (Wildman–Crippen LogP) is 3.79. The minimum Gasteiger partial charge on any atom is -0.444 e. The van der Waals surface area contributed by atoms with Crippen LogP contribution in [0.15, 0.2) is 35.5 Å². The number of carbonyl (C=O) groups excluding carboxylic acids is 2. The fourth-order valence-corrected chi connectivity index (χ4v) is 4.65. The molecule has 0 radical (unpaired) electrons. The van der Waals surface area contributed by atoms with Crippen LogP contribution in [0.4, 0.5) is 4.79 Å². The Labute approximate surface area is 195 Å². The zero-order valence-corrected chi connectivity index (χ0v) is 19.8. The monoisotopic (exact) mass is 457 g/mol. The molecule has 1 saturated carbocycles. The van der Waals surface area contributed by atoms with Crippen molar-refractivity contribution in [2.75, 3.05) is 13.1 Å². The first-order valence-electron chi connectivity index (χ1n) is 11.9. The van der Waals surface area contributed by atoms with Crippen molar-refractivity contribution in [2.24, 2.45) is 5.16 Å². The molecule has 1 saturated heterocycles. The summed E-state index contributed by atoms with van der Waals surface area (Å²) < 4.78 is 11.6. The molecule has 2 heterocycles. The molecule has 1 N–H and O–H groups in total. The SMILES string of the molecule is CC(C)(C)OC(=O)N1CCC2(CC1)CC(C(=O)N[C@@H]1CCC[C@H]1OCc1ccccc1)=NO2. The summed E-state index contributed by atoms with van der Waals surface area (Å²) >= 11 is 0. The Bertz CT molecular complexity index is 872. The summed E-state index contributed by atoms with van der Waals surface area (Å²) in [6.07, 6.45) is 4.26. The number of hydrogen-bond acceptors (Lipinski definition) is 6. The minimum absolute atomic E-state index is 0.00288. The number of likely N-dealkylation sites (tertiary alicyclic amines) is 1. The molecule has 1 aromatic carbocycles. The molecule has 1 aliphatic carbocycles. The number of benzene rings is 1. The highest BCUT2D eigenvalue weighted by Crippen LogP contribution is 2.35. The van der Waals surface area contributed by atoms with E-state index in [1.807, 2.05) is 51.1 Å². The van der Waals surface area contributed by atoms with E-state index in [2.05, 4.69) is 10.5 Å². The molecule has 3 aliphatic rings. The molecular weight excluding hydrogens is 422 g/mol. The van der Waals surface area contributed by atoms with Gasteiger partial charge in [-0.2, -0.15) is 0 Å². The van der Waals surface area contributed by atoms with Gasteiger partial charge in [-0.15, -0.1) is 0 Å². The molecule has 2 aliphatic heterocycles. The Balaban J connectivity index is 1.24. The van der Waals surface area contributed by atoms with Crippen molar-refractivity contribution in [2.45, 2.75) is 89.3 Å². The fourth-order valence-electron chi connectivity index (χ4n) is 4.65. The summed E-state index contributed by atoms with van der Waals surface area (Å²) in [5.74, 6) is -0.179. The van der Waals surface area contributed by atoms with Gasteiger partial charge in [0.15, 0.2) is 0 Å². The average molecular weight is 458 g/mol. The molecule has 8 heteroatoms. The third-order valence-electron chi connectivity index (χ3n) is 6.50. The number of amides is 2. The topological polar surface area (TPSA) is 89.5 Å². The van der Waals surface area contributed by atoms with Crippen molar-refractivity contribution in [3.63, 3.8) is 0 Å². The van der Waals surface area contributed by atoms with Crippen LogP contribution in [0.25, 0.3) is 0 Å². The summed E-state index contributed by atoms with van der Waals surface area (Å²) in [6, 6.07) is 10.0. The lowest BCUT2D eigenvalue weighted by atomic mass is 9.87. The Morgan fingerprint density at radius 3 is 2.61 bits per heavy atom. The molecule has 0 aromatic heterocycles. The van der Waals surface area contributed by atoms with Gasteiger partial charge in [0.25, 0.3) is 5.91 Å². The lowest BCUT2D eigenvalue weighted by molar-refractivity contribution is -0.116.